The van der Waals surface area contributed by atoms with Crippen molar-refractivity contribution in [3.05, 3.63) is 0 Å². The van der Waals surface area contributed by atoms with Crippen molar-refractivity contribution in [1.82, 2.24) is 37.2 Å². The van der Waals surface area contributed by atoms with Crippen molar-refractivity contribution in [1.29, 1.82) is 0 Å². The van der Waals surface area contributed by atoms with E-state index in [1.54, 1.807) is 0 Å². The molecule has 4 aliphatic heterocycles. The molecule has 5 amide bonds. The molecule has 0 saturated carbocycles. The predicted molar refractivity (Wildman–Crippen MR) is 371 cm³/mol. The fourth-order valence-electron chi connectivity index (χ4n) is 11.7. The van der Waals surface area contributed by atoms with Gasteiger partial charge in [-0.2, -0.15) is 0 Å². The summed E-state index contributed by atoms with van der Waals surface area (Å²) in [7, 11) is 0. The third-order valence-electron chi connectivity index (χ3n) is 18.1. The summed E-state index contributed by atoms with van der Waals surface area (Å²) in [5, 5.41) is 142. The van der Waals surface area contributed by atoms with Gasteiger partial charge in [0, 0.05) is 90.8 Å². The third-order valence-corrected chi connectivity index (χ3v) is 18.1. The Balaban J connectivity index is 1.35. The van der Waals surface area contributed by atoms with Crippen LogP contribution in [-0.4, -0.2) is 337 Å². The van der Waals surface area contributed by atoms with E-state index >= 15 is 0 Å². The third kappa shape index (κ3) is 38.2. The topological polar surface area (TPSA) is 556 Å². The molecule has 0 radical (unpaired) electrons. The Morgan fingerprint density at radius 1 is 0.491 bits per heavy atom. The molecule has 4 rings (SSSR count). The van der Waals surface area contributed by atoms with Gasteiger partial charge in [0.05, 0.1) is 72.6 Å². The number of aliphatic hydroxyl groups is 11. The van der Waals surface area contributed by atoms with Gasteiger partial charge >= 0.3 is 5.97 Å². The van der Waals surface area contributed by atoms with E-state index in [1.165, 1.54) is 0 Å². The Bertz CT molecular complexity index is 2480. The Morgan fingerprint density at radius 2 is 1.01 bits per heavy atom. The molecule has 0 aromatic heterocycles. The summed E-state index contributed by atoms with van der Waals surface area (Å²) in [5.41, 5.74) is -1.39. The van der Waals surface area contributed by atoms with Gasteiger partial charge in [-0.25, -0.2) is 0 Å². The second-order valence-electron chi connectivity index (χ2n) is 27.2. The Hall–Kier alpha value is -4.76. The molecule has 0 aromatic carbocycles. The summed E-state index contributed by atoms with van der Waals surface area (Å²) in [4.78, 5) is 102. The van der Waals surface area contributed by atoms with Crippen molar-refractivity contribution in [2.24, 2.45) is 0 Å². The van der Waals surface area contributed by atoms with Crippen LogP contribution in [0.1, 0.15) is 161 Å². The first-order valence-corrected chi connectivity index (χ1v) is 37.6. The SMILES string of the molecule is O=C(O)CCCCCCCCCCC(=O)NC1(COCCC(=O)NCCCNC(=O)CCCCO[C@H]2OC(CO)[C@@H](O)C(O)C2O)COCCC(=O)NCCCNCC(=O)CCCCO[C@H]2OC(COC(O[C@H]3OC(CO)[C@@H](O)C(O)C3O)CCCC(=O)CNCCCNC(=O)CCOC1)[C@@H](O)C(O)C2O. The zero-order valence-electron chi connectivity index (χ0n) is 61.1. The molecule has 0 spiro atoms. The first-order valence-electron chi connectivity index (χ1n) is 37.6. The number of carbonyl (C=O) groups excluding carboxylic acids is 7. The number of hydrogen-bond acceptors (Lipinski definition) is 31. The van der Waals surface area contributed by atoms with Crippen molar-refractivity contribution in [2.45, 2.75) is 264 Å². The van der Waals surface area contributed by atoms with Crippen LogP contribution < -0.4 is 37.2 Å². The summed E-state index contributed by atoms with van der Waals surface area (Å²) in [6.45, 7) is -1.03. The molecule has 37 nitrogen and oxygen atoms in total. The molecular weight excluding hydrogens is 1410 g/mol. The number of carboxylic acids is 1. The van der Waals surface area contributed by atoms with E-state index in [-0.39, 0.29) is 197 Å². The van der Waals surface area contributed by atoms with Gasteiger partial charge in [-0.3, -0.25) is 38.4 Å². The molecule has 0 aliphatic carbocycles. The number of ketones is 2. The second kappa shape index (κ2) is 54.8. The van der Waals surface area contributed by atoms with Gasteiger partial charge in [0.15, 0.2) is 25.2 Å². The standard InChI is InChI=1S/C69H123N7O30/c77-39-47-57(88)60(91)63(94)66(103-47)100-33-12-10-19-50(81)72-30-16-31-75-53(84)25-36-99-44-69(76-54(85)20-7-5-3-1-2-4-6-8-21-55(86)87)42-97-34-23-51(82)73-28-14-26-70-37-45(79)17-9-11-32-101-67-64(95)62(93)59(90)49(105-67)41-102-56(106-68-65(96)61(92)58(89)48(40-78)104-68)22-13-18-46(80)38-71-27-15-29-74-52(83)24-35-98-43-69/h47-49,56-68,70-71,77-78,88-96H,1-44H2,(H,72,81)(H,73,82)(H,74,83)(H,75,84)(H,76,85)(H,86,87)/t47?,48?,49?,56?,57-,58-,59-,60?,61?,62?,63?,64?,65?,66+,67+,68-,69?/m1/s1. The van der Waals surface area contributed by atoms with E-state index < -0.39 is 130 Å². The van der Waals surface area contributed by atoms with Crippen LogP contribution in [0.4, 0.5) is 0 Å². The minimum atomic E-state index is -1.81. The minimum Gasteiger partial charge on any atom is -0.481 e. The van der Waals surface area contributed by atoms with Crippen LogP contribution in [0.25, 0.3) is 0 Å². The summed E-state index contributed by atoms with van der Waals surface area (Å²) in [6, 6.07) is 0. The largest absolute Gasteiger partial charge is 0.481 e. The van der Waals surface area contributed by atoms with Crippen LogP contribution in [0.3, 0.4) is 0 Å². The van der Waals surface area contributed by atoms with Crippen LogP contribution in [-0.2, 0) is 85.7 Å². The van der Waals surface area contributed by atoms with E-state index in [9.17, 15) is 94.5 Å². The van der Waals surface area contributed by atoms with Crippen molar-refractivity contribution in [3.63, 3.8) is 0 Å². The van der Waals surface area contributed by atoms with E-state index in [2.05, 4.69) is 37.2 Å². The van der Waals surface area contributed by atoms with Gasteiger partial charge in [0.2, 0.25) is 29.5 Å². The molecule has 0 aromatic rings. The maximum atomic E-state index is 13.8. The molecule has 614 valence electrons. The van der Waals surface area contributed by atoms with Crippen molar-refractivity contribution < 1.29 is 147 Å². The van der Waals surface area contributed by atoms with E-state index in [0.717, 1.165) is 38.5 Å². The fraction of sp³-hybridized carbons (Fsp3) is 0.884. The lowest BCUT2D eigenvalue weighted by Gasteiger charge is -2.42. The van der Waals surface area contributed by atoms with Gasteiger partial charge in [-0.15, -0.1) is 0 Å². The molecule has 106 heavy (non-hydrogen) atoms. The number of nitrogens with one attached hydrogen (secondary N) is 7. The molecular formula is C69H123N7O30. The highest BCUT2D eigenvalue weighted by atomic mass is 16.8. The Kier molecular flexibility index (Phi) is 48.4. The summed E-state index contributed by atoms with van der Waals surface area (Å²) in [5.74, 6) is -2.79. The molecule has 17 atom stereocenters. The number of aliphatic carboxylic acids is 1. The van der Waals surface area contributed by atoms with Gasteiger partial charge < -0.3 is 146 Å². The van der Waals surface area contributed by atoms with Crippen LogP contribution in [0.15, 0.2) is 0 Å². The number of carboxylic acid groups (broad SMARTS) is 1. The molecule has 4 fully saturated rings. The number of fused-ring (bicyclic) bond motifs is 2. The summed E-state index contributed by atoms with van der Waals surface area (Å²) < 4.78 is 57.9. The average Bonchev–Trinajstić information content (AvgIpc) is 0.824. The van der Waals surface area contributed by atoms with Gasteiger partial charge in [0.25, 0.3) is 0 Å². The number of aliphatic hydroxyl groups excluding tert-OH is 11. The molecule has 11 unspecified atom stereocenters. The maximum Gasteiger partial charge on any atom is 0.303 e. The fourth-order valence-corrected chi connectivity index (χ4v) is 11.7. The zero-order valence-corrected chi connectivity index (χ0v) is 61.1. The average molecular weight is 1530 g/mol. The Morgan fingerprint density at radius 3 is 1.59 bits per heavy atom. The first-order chi connectivity index (χ1) is 51.0. The molecule has 4 saturated heterocycles. The van der Waals surface area contributed by atoms with E-state index in [1.807, 2.05) is 0 Å². The van der Waals surface area contributed by atoms with Gasteiger partial charge in [-0.1, -0.05) is 38.5 Å². The van der Waals surface area contributed by atoms with E-state index in [4.69, 9.17) is 52.5 Å². The number of carbonyl (C=O) groups is 8. The highest BCUT2D eigenvalue weighted by Crippen LogP contribution is 2.28. The van der Waals surface area contributed by atoms with Crippen LogP contribution >= 0.6 is 0 Å². The number of rotatable bonds is 31. The minimum absolute atomic E-state index is 0.00950. The maximum absolute atomic E-state index is 13.8. The number of Topliss-reactive ketones (excluding diaryl/α,β-unsaturated/α-hetero) is 2. The highest BCUT2D eigenvalue weighted by molar-refractivity contribution is 5.81. The molecule has 4 aliphatic rings. The predicted octanol–water partition coefficient (Wildman–Crippen LogP) is -4.68. The van der Waals surface area contributed by atoms with Gasteiger partial charge in [-0.05, 0) is 83.7 Å². The molecule has 4 heterocycles. The number of amides is 5. The lowest BCUT2D eigenvalue weighted by Crippen LogP contribution is -2.60. The lowest BCUT2D eigenvalue weighted by molar-refractivity contribution is -0.347. The van der Waals surface area contributed by atoms with Crippen LogP contribution in [0.5, 0.6) is 0 Å². The van der Waals surface area contributed by atoms with Crippen molar-refractivity contribution >= 4 is 47.1 Å². The zero-order chi connectivity index (χ0) is 77.5. The van der Waals surface area contributed by atoms with Crippen molar-refractivity contribution in [2.75, 3.05) is 125 Å². The van der Waals surface area contributed by atoms with E-state index in [0.29, 0.717) is 70.9 Å². The summed E-state index contributed by atoms with van der Waals surface area (Å²) >= 11 is 0. The number of unbranched alkanes of at least 4 members (excludes halogenated alkanes) is 8. The Labute approximate surface area is 618 Å². The summed E-state index contributed by atoms with van der Waals surface area (Å²) in [6.07, 6.45) is -14.8. The second-order valence-corrected chi connectivity index (χ2v) is 27.2. The lowest BCUT2D eigenvalue weighted by atomic mass is 9.99. The number of hydrogen-bond donors (Lipinski definition) is 19. The van der Waals surface area contributed by atoms with Crippen LogP contribution in [0.2, 0.25) is 0 Å². The first kappa shape index (κ1) is 93.6. The molecule has 2 bridgehead atoms. The monoisotopic (exact) mass is 1530 g/mol. The molecule has 19 N–H and O–H groups in total. The smallest absolute Gasteiger partial charge is 0.303 e. The van der Waals surface area contributed by atoms with Gasteiger partial charge in [0.1, 0.15) is 90.4 Å². The normalized spacial score (nSPS) is 31.0. The highest BCUT2D eigenvalue weighted by Gasteiger charge is 2.48. The van der Waals surface area contributed by atoms with Crippen LogP contribution in [0, 0.1) is 0 Å². The number of ether oxygens (including phenoxy) is 10. The quantitative estimate of drug-likeness (QED) is 0.0290. The molecule has 37 heteroatoms. The van der Waals surface area contributed by atoms with Crippen molar-refractivity contribution in [3.8, 4) is 0 Å².